The first-order chi connectivity index (χ1) is 11.6. The van der Waals surface area contributed by atoms with Gasteiger partial charge in [-0.15, -0.1) is 0 Å². The number of ether oxygens (including phenoxy) is 2. The Morgan fingerprint density at radius 1 is 1.42 bits per heavy atom. The van der Waals surface area contributed by atoms with Crippen LogP contribution >= 0.6 is 0 Å². The minimum absolute atomic E-state index is 0.0734. The van der Waals surface area contributed by atoms with E-state index < -0.39 is 6.41 Å². The van der Waals surface area contributed by atoms with Crippen LogP contribution in [-0.2, 0) is 9.57 Å². The number of rotatable bonds is 11. The molecule has 8 heteroatoms. The molecular formula is C16H26N4O4. The van der Waals surface area contributed by atoms with Gasteiger partial charge in [0.15, 0.2) is 0 Å². The first-order valence-electron chi connectivity index (χ1n) is 7.84. The van der Waals surface area contributed by atoms with Gasteiger partial charge in [-0.05, 0) is 26.8 Å². The minimum Gasteiger partial charge on any atom is -0.475 e. The average molecular weight is 338 g/mol. The summed E-state index contributed by atoms with van der Waals surface area (Å²) in [5.74, 6) is 0.478. The van der Waals surface area contributed by atoms with Crippen LogP contribution in [0, 0.1) is 0 Å². The van der Waals surface area contributed by atoms with E-state index in [0.717, 1.165) is 6.42 Å². The molecule has 0 spiro atoms. The van der Waals surface area contributed by atoms with Gasteiger partial charge in [0, 0.05) is 32.0 Å². The molecule has 1 N–H and O–H groups in total. The quantitative estimate of drug-likeness (QED) is 0.285. The zero-order valence-corrected chi connectivity index (χ0v) is 14.6. The Kier molecular flexibility index (Phi) is 9.59. The summed E-state index contributed by atoms with van der Waals surface area (Å²) in [4.78, 5) is 14.9. The minimum atomic E-state index is -0.899. The molecule has 1 aromatic rings. The molecule has 0 aromatic carbocycles. The van der Waals surface area contributed by atoms with Crippen LogP contribution in [0.1, 0.15) is 32.9 Å². The average Bonchev–Trinajstić information content (AvgIpc) is 2.59. The third-order valence-corrected chi connectivity index (χ3v) is 3.20. The van der Waals surface area contributed by atoms with Gasteiger partial charge in [-0.2, -0.15) is 0 Å². The third-order valence-electron chi connectivity index (χ3n) is 3.20. The molecule has 1 rings (SSSR count). The first kappa shape index (κ1) is 20.0. The van der Waals surface area contributed by atoms with Gasteiger partial charge in [-0.25, -0.2) is 9.97 Å². The van der Waals surface area contributed by atoms with Crippen molar-refractivity contribution in [3.63, 3.8) is 0 Å². The van der Waals surface area contributed by atoms with Crippen molar-refractivity contribution < 1.29 is 19.4 Å². The second-order valence-electron chi connectivity index (χ2n) is 4.96. The number of aliphatic hydroxyl groups is 1. The normalized spacial score (nSPS) is 14.4. The summed E-state index contributed by atoms with van der Waals surface area (Å²) in [6.45, 7) is 7.00. The van der Waals surface area contributed by atoms with Crippen LogP contribution in [0.3, 0.4) is 0 Å². The van der Waals surface area contributed by atoms with Crippen LogP contribution in [-0.4, -0.2) is 58.9 Å². The lowest BCUT2D eigenvalue weighted by Gasteiger charge is -2.26. The van der Waals surface area contributed by atoms with E-state index in [1.165, 1.54) is 19.7 Å². The number of hydrogen-bond donors (Lipinski definition) is 1. The highest BCUT2D eigenvalue weighted by atomic mass is 16.6. The molecule has 0 aliphatic rings. The predicted octanol–water partition coefficient (Wildman–Crippen LogP) is 1.87. The standard InChI is InChI=1S/C16H26N4O4/c1-5-19-23-10-8-14-11-15(18-12-17-14)24-13(3)7-9-20(6-2)16(21)22-4/h5,8,10-13,16,21H,6-7,9H2,1-4H3/b10-8+,19-5+/t13-,16?/m1/s1. The maximum atomic E-state index is 9.69. The fourth-order valence-corrected chi connectivity index (χ4v) is 1.89. The lowest BCUT2D eigenvalue weighted by atomic mass is 10.2. The summed E-state index contributed by atoms with van der Waals surface area (Å²) in [7, 11) is 1.47. The molecule has 134 valence electrons. The molecule has 1 aromatic heterocycles. The van der Waals surface area contributed by atoms with Crippen LogP contribution in [0.2, 0.25) is 0 Å². The van der Waals surface area contributed by atoms with Crippen LogP contribution in [0.25, 0.3) is 6.08 Å². The number of hydrogen-bond acceptors (Lipinski definition) is 8. The van der Waals surface area contributed by atoms with Gasteiger partial charge in [-0.1, -0.05) is 12.1 Å². The van der Waals surface area contributed by atoms with Crippen molar-refractivity contribution >= 4 is 12.3 Å². The molecule has 0 radical (unpaired) electrons. The lowest BCUT2D eigenvalue weighted by Crippen LogP contribution is -2.38. The number of methoxy groups -OCH3 is 1. The molecule has 0 fully saturated rings. The SMILES string of the molecule is C/C=N/O/C=C/c1cc(O[C@H](C)CCN(CC)C(O)OC)ncn1. The Bertz CT molecular complexity index is 525. The van der Waals surface area contributed by atoms with Crippen molar-refractivity contribution in [1.82, 2.24) is 14.9 Å². The molecule has 0 aliphatic heterocycles. The molecule has 1 heterocycles. The maximum Gasteiger partial charge on any atom is 0.217 e. The fourth-order valence-electron chi connectivity index (χ4n) is 1.89. The fraction of sp³-hybridized carbons (Fsp3) is 0.562. The number of aromatic nitrogens is 2. The number of aliphatic hydroxyl groups excluding tert-OH is 1. The van der Waals surface area contributed by atoms with Crippen molar-refractivity contribution in [2.75, 3.05) is 20.2 Å². The van der Waals surface area contributed by atoms with Gasteiger partial charge in [0.05, 0.1) is 11.8 Å². The van der Waals surface area contributed by atoms with E-state index in [1.54, 1.807) is 30.2 Å². The zero-order valence-electron chi connectivity index (χ0n) is 14.6. The van der Waals surface area contributed by atoms with Crippen molar-refractivity contribution in [2.45, 2.75) is 39.7 Å². The highest BCUT2D eigenvalue weighted by Gasteiger charge is 2.14. The van der Waals surface area contributed by atoms with E-state index >= 15 is 0 Å². The number of nitrogens with zero attached hydrogens (tertiary/aromatic N) is 4. The van der Waals surface area contributed by atoms with Gasteiger partial charge >= 0.3 is 0 Å². The van der Waals surface area contributed by atoms with Gasteiger partial charge in [0.25, 0.3) is 0 Å². The molecule has 0 saturated carbocycles. The Balaban J connectivity index is 2.51. The summed E-state index contributed by atoms with van der Waals surface area (Å²) < 4.78 is 10.7. The summed E-state index contributed by atoms with van der Waals surface area (Å²) in [6, 6.07) is 1.72. The number of oxime groups is 1. The summed E-state index contributed by atoms with van der Waals surface area (Å²) >= 11 is 0. The molecule has 0 bridgehead atoms. The largest absolute Gasteiger partial charge is 0.475 e. The molecule has 0 saturated heterocycles. The van der Waals surface area contributed by atoms with Crippen LogP contribution in [0.4, 0.5) is 0 Å². The Labute approximate surface area is 142 Å². The van der Waals surface area contributed by atoms with E-state index in [0.29, 0.717) is 24.7 Å². The third kappa shape index (κ3) is 7.49. The molecule has 1 unspecified atom stereocenters. The summed E-state index contributed by atoms with van der Waals surface area (Å²) in [5, 5.41) is 13.3. The van der Waals surface area contributed by atoms with E-state index in [4.69, 9.17) is 14.3 Å². The Hall–Kier alpha value is -2.03. The van der Waals surface area contributed by atoms with Crippen molar-refractivity contribution in [1.29, 1.82) is 0 Å². The molecule has 8 nitrogen and oxygen atoms in total. The van der Waals surface area contributed by atoms with Crippen molar-refractivity contribution in [3.05, 3.63) is 24.3 Å². The highest BCUT2D eigenvalue weighted by Crippen LogP contribution is 2.12. The van der Waals surface area contributed by atoms with E-state index in [1.807, 2.05) is 13.8 Å². The Morgan fingerprint density at radius 3 is 2.88 bits per heavy atom. The first-order valence-corrected chi connectivity index (χ1v) is 7.84. The smallest absolute Gasteiger partial charge is 0.217 e. The lowest BCUT2D eigenvalue weighted by molar-refractivity contribution is -0.176. The van der Waals surface area contributed by atoms with Gasteiger partial charge < -0.3 is 19.4 Å². The monoisotopic (exact) mass is 338 g/mol. The van der Waals surface area contributed by atoms with Crippen LogP contribution in [0.5, 0.6) is 5.88 Å². The van der Waals surface area contributed by atoms with E-state index in [-0.39, 0.29) is 6.10 Å². The van der Waals surface area contributed by atoms with E-state index in [2.05, 4.69) is 15.1 Å². The van der Waals surface area contributed by atoms with Gasteiger partial charge in [0.2, 0.25) is 12.3 Å². The van der Waals surface area contributed by atoms with Crippen molar-refractivity contribution in [3.8, 4) is 5.88 Å². The molecule has 0 amide bonds. The maximum absolute atomic E-state index is 9.69. The second-order valence-corrected chi connectivity index (χ2v) is 4.96. The van der Waals surface area contributed by atoms with Crippen LogP contribution in [0.15, 0.2) is 23.8 Å². The molecule has 0 aliphatic carbocycles. The summed E-state index contributed by atoms with van der Waals surface area (Å²) in [5.41, 5.74) is 0.656. The predicted molar refractivity (Wildman–Crippen MR) is 91.3 cm³/mol. The van der Waals surface area contributed by atoms with Crippen molar-refractivity contribution in [2.24, 2.45) is 5.16 Å². The van der Waals surface area contributed by atoms with Crippen LogP contribution < -0.4 is 4.74 Å². The summed E-state index contributed by atoms with van der Waals surface area (Å²) in [6.07, 6.45) is 5.82. The van der Waals surface area contributed by atoms with Gasteiger partial charge in [-0.3, -0.25) is 4.90 Å². The highest BCUT2D eigenvalue weighted by molar-refractivity contribution is 5.52. The zero-order chi connectivity index (χ0) is 17.8. The molecule has 2 atom stereocenters. The topological polar surface area (TPSA) is 89.3 Å². The van der Waals surface area contributed by atoms with E-state index in [9.17, 15) is 5.11 Å². The molecule has 24 heavy (non-hydrogen) atoms. The molecular weight excluding hydrogens is 312 g/mol. The second kappa shape index (κ2) is 11.5. The Morgan fingerprint density at radius 2 is 2.21 bits per heavy atom. The van der Waals surface area contributed by atoms with Gasteiger partial charge in [0.1, 0.15) is 12.6 Å².